The van der Waals surface area contributed by atoms with Crippen LogP contribution in [0.2, 0.25) is 0 Å². The van der Waals surface area contributed by atoms with Crippen LogP contribution >= 0.6 is 0 Å². The van der Waals surface area contributed by atoms with E-state index in [9.17, 15) is 10.1 Å². The fourth-order valence-electron chi connectivity index (χ4n) is 4.23. The number of nitriles is 1. The molecular formula is C18H29N3O3. The predicted molar refractivity (Wildman–Crippen MR) is 89.1 cm³/mol. The first-order valence-electron chi connectivity index (χ1n) is 9.28. The third-order valence-corrected chi connectivity index (χ3v) is 5.93. The summed E-state index contributed by atoms with van der Waals surface area (Å²) >= 11 is 0. The first kappa shape index (κ1) is 17.7. The summed E-state index contributed by atoms with van der Waals surface area (Å²) in [5, 5.41) is 9.64. The Balaban J connectivity index is 1.49. The molecule has 24 heavy (non-hydrogen) atoms. The summed E-state index contributed by atoms with van der Waals surface area (Å²) < 4.78 is 11.2. The highest BCUT2D eigenvalue weighted by Crippen LogP contribution is 2.33. The van der Waals surface area contributed by atoms with E-state index in [1.54, 1.807) is 4.90 Å². The normalized spacial score (nSPS) is 26.2. The Morgan fingerprint density at radius 3 is 2.42 bits per heavy atom. The molecule has 2 aliphatic heterocycles. The number of hydrogen-bond donors (Lipinski definition) is 0. The van der Waals surface area contributed by atoms with Gasteiger partial charge in [0.2, 0.25) is 5.91 Å². The zero-order chi connectivity index (χ0) is 17.0. The van der Waals surface area contributed by atoms with Crippen molar-refractivity contribution in [2.45, 2.75) is 56.8 Å². The summed E-state index contributed by atoms with van der Waals surface area (Å²) in [5.74, 6) is 0.519. The lowest BCUT2D eigenvalue weighted by Crippen LogP contribution is -2.53. The SMILES string of the molecule is CN(C(=O)CN1CCC(C2OCCO2)CC1)C1(C#N)CCCCC1. The molecule has 3 aliphatic rings. The topological polar surface area (TPSA) is 65.8 Å². The Hall–Kier alpha value is -1.16. The van der Waals surface area contributed by atoms with Crippen LogP contribution in [0.4, 0.5) is 0 Å². The van der Waals surface area contributed by atoms with Gasteiger partial charge in [0.25, 0.3) is 0 Å². The van der Waals surface area contributed by atoms with Gasteiger partial charge in [-0.25, -0.2) is 0 Å². The third-order valence-electron chi connectivity index (χ3n) is 5.93. The molecule has 0 radical (unpaired) electrons. The van der Waals surface area contributed by atoms with Crippen molar-refractivity contribution in [1.82, 2.24) is 9.80 Å². The highest BCUT2D eigenvalue weighted by atomic mass is 16.7. The number of amides is 1. The van der Waals surface area contributed by atoms with Gasteiger partial charge in [-0.15, -0.1) is 0 Å². The minimum absolute atomic E-state index is 0.0466. The van der Waals surface area contributed by atoms with Crippen LogP contribution < -0.4 is 0 Å². The molecule has 1 saturated carbocycles. The van der Waals surface area contributed by atoms with Crippen molar-refractivity contribution in [3.8, 4) is 6.07 Å². The lowest BCUT2D eigenvalue weighted by Gasteiger charge is -2.40. The molecule has 0 aromatic carbocycles. The van der Waals surface area contributed by atoms with E-state index in [-0.39, 0.29) is 12.2 Å². The molecule has 0 N–H and O–H groups in total. The highest BCUT2D eigenvalue weighted by molar-refractivity contribution is 5.79. The van der Waals surface area contributed by atoms with Gasteiger partial charge in [-0.1, -0.05) is 19.3 Å². The van der Waals surface area contributed by atoms with E-state index in [4.69, 9.17) is 9.47 Å². The Labute approximate surface area is 144 Å². The predicted octanol–water partition coefficient (Wildman–Crippen LogP) is 1.76. The largest absolute Gasteiger partial charge is 0.350 e. The van der Waals surface area contributed by atoms with E-state index in [0.717, 1.165) is 51.6 Å². The van der Waals surface area contributed by atoms with Crippen LogP contribution in [0.1, 0.15) is 44.9 Å². The Morgan fingerprint density at radius 2 is 1.83 bits per heavy atom. The van der Waals surface area contributed by atoms with Crippen LogP contribution in [0.5, 0.6) is 0 Å². The van der Waals surface area contributed by atoms with E-state index >= 15 is 0 Å². The second kappa shape index (κ2) is 7.81. The maximum Gasteiger partial charge on any atom is 0.237 e. The zero-order valence-corrected chi connectivity index (χ0v) is 14.7. The highest BCUT2D eigenvalue weighted by Gasteiger charge is 2.39. The molecular weight excluding hydrogens is 306 g/mol. The van der Waals surface area contributed by atoms with Gasteiger partial charge in [-0.2, -0.15) is 5.26 Å². The summed E-state index contributed by atoms with van der Waals surface area (Å²) in [5.41, 5.74) is -0.584. The molecule has 1 amide bonds. The summed E-state index contributed by atoms with van der Waals surface area (Å²) in [7, 11) is 1.81. The van der Waals surface area contributed by atoms with Crippen LogP contribution in [0.25, 0.3) is 0 Å². The molecule has 6 heteroatoms. The number of nitrogens with zero attached hydrogens (tertiary/aromatic N) is 3. The van der Waals surface area contributed by atoms with Gasteiger partial charge >= 0.3 is 0 Å². The number of ether oxygens (including phenoxy) is 2. The quantitative estimate of drug-likeness (QED) is 0.783. The fourth-order valence-corrected chi connectivity index (χ4v) is 4.23. The van der Waals surface area contributed by atoms with Crippen molar-refractivity contribution in [3.05, 3.63) is 0 Å². The molecule has 0 aromatic rings. The Morgan fingerprint density at radius 1 is 1.21 bits per heavy atom. The minimum Gasteiger partial charge on any atom is -0.350 e. The molecule has 2 saturated heterocycles. The summed E-state index contributed by atoms with van der Waals surface area (Å²) in [6.07, 6.45) is 6.83. The van der Waals surface area contributed by atoms with Crippen molar-refractivity contribution in [2.24, 2.45) is 5.92 Å². The molecule has 3 fully saturated rings. The molecule has 0 spiro atoms. The second-order valence-electron chi connectivity index (χ2n) is 7.38. The first-order valence-corrected chi connectivity index (χ1v) is 9.28. The standard InChI is InChI=1S/C18H29N3O3/c1-20(18(14-19)7-3-2-4-8-18)16(22)13-21-9-5-15(6-10-21)17-23-11-12-24-17/h15,17H,2-13H2,1H3. The molecule has 0 unspecified atom stereocenters. The van der Waals surface area contributed by atoms with E-state index in [2.05, 4.69) is 11.0 Å². The molecule has 2 heterocycles. The summed E-state index contributed by atoms with van der Waals surface area (Å²) in [4.78, 5) is 16.6. The number of likely N-dealkylation sites (N-methyl/N-ethyl adjacent to an activating group) is 1. The van der Waals surface area contributed by atoms with Gasteiger partial charge in [0.1, 0.15) is 5.54 Å². The minimum atomic E-state index is -0.584. The lowest BCUT2D eigenvalue weighted by molar-refractivity contribution is -0.137. The van der Waals surface area contributed by atoms with E-state index in [0.29, 0.717) is 25.7 Å². The number of piperidine rings is 1. The monoisotopic (exact) mass is 335 g/mol. The molecule has 6 nitrogen and oxygen atoms in total. The fraction of sp³-hybridized carbons (Fsp3) is 0.889. The van der Waals surface area contributed by atoms with Gasteiger partial charge in [-0.3, -0.25) is 9.69 Å². The van der Waals surface area contributed by atoms with E-state index < -0.39 is 5.54 Å². The van der Waals surface area contributed by atoms with Crippen molar-refractivity contribution in [3.63, 3.8) is 0 Å². The average Bonchev–Trinajstić information content (AvgIpc) is 3.17. The van der Waals surface area contributed by atoms with Crippen molar-refractivity contribution >= 4 is 5.91 Å². The summed E-state index contributed by atoms with van der Waals surface area (Å²) in [6.45, 7) is 3.61. The van der Waals surface area contributed by atoms with Crippen LogP contribution in [-0.2, 0) is 14.3 Å². The second-order valence-corrected chi connectivity index (χ2v) is 7.38. The number of rotatable bonds is 4. The third kappa shape index (κ3) is 3.74. The molecule has 0 aromatic heterocycles. The van der Waals surface area contributed by atoms with Crippen molar-refractivity contribution < 1.29 is 14.3 Å². The number of hydrogen-bond acceptors (Lipinski definition) is 5. The number of likely N-dealkylation sites (tertiary alicyclic amines) is 1. The van der Waals surface area contributed by atoms with Crippen LogP contribution in [0.15, 0.2) is 0 Å². The Bertz CT molecular complexity index is 470. The Kier molecular flexibility index (Phi) is 5.75. The van der Waals surface area contributed by atoms with Gasteiger partial charge in [-0.05, 0) is 38.8 Å². The van der Waals surface area contributed by atoms with Crippen molar-refractivity contribution in [2.75, 3.05) is 39.9 Å². The molecule has 0 bridgehead atoms. The molecule has 0 atom stereocenters. The zero-order valence-electron chi connectivity index (χ0n) is 14.7. The molecule has 1 aliphatic carbocycles. The number of carbonyl (C=O) groups excluding carboxylic acids is 1. The van der Waals surface area contributed by atoms with E-state index in [1.807, 2.05) is 7.05 Å². The number of carbonyl (C=O) groups is 1. The molecule has 3 rings (SSSR count). The first-order chi connectivity index (χ1) is 11.6. The summed E-state index contributed by atoms with van der Waals surface area (Å²) in [6, 6.07) is 2.43. The van der Waals surface area contributed by atoms with E-state index in [1.165, 1.54) is 6.42 Å². The maximum absolute atomic E-state index is 12.7. The lowest BCUT2D eigenvalue weighted by atomic mass is 9.81. The van der Waals surface area contributed by atoms with Crippen molar-refractivity contribution in [1.29, 1.82) is 5.26 Å². The maximum atomic E-state index is 12.7. The van der Waals surface area contributed by atoms with Crippen LogP contribution in [0, 0.1) is 17.2 Å². The van der Waals surface area contributed by atoms with Crippen LogP contribution in [-0.4, -0.2) is 67.4 Å². The molecule has 134 valence electrons. The van der Waals surface area contributed by atoms with Gasteiger partial charge in [0.05, 0.1) is 25.8 Å². The smallest absolute Gasteiger partial charge is 0.237 e. The van der Waals surface area contributed by atoms with Gasteiger partial charge in [0, 0.05) is 13.0 Å². The van der Waals surface area contributed by atoms with Gasteiger partial charge in [0.15, 0.2) is 6.29 Å². The average molecular weight is 335 g/mol. The van der Waals surface area contributed by atoms with Crippen LogP contribution in [0.3, 0.4) is 0 Å². The van der Waals surface area contributed by atoms with Gasteiger partial charge < -0.3 is 14.4 Å².